The number of benzene rings is 2. The molecule has 0 saturated heterocycles. The Bertz CT molecular complexity index is 990. The smallest absolute Gasteiger partial charge is 0.251 e. The number of nitrogens with one attached hydrogen (secondary N) is 2. The number of nitrogens with two attached hydrogens (primary N) is 1. The monoisotopic (exact) mass is 453 g/mol. The van der Waals surface area contributed by atoms with Gasteiger partial charge in [-0.15, -0.1) is 0 Å². The first-order valence-corrected chi connectivity index (χ1v) is 10.4. The van der Waals surface area contributed by atoms with E-state index in [1.807, 2.05) is 19.1 Å². The van der Waals surface area contributed by atoms with Crippen LogP contribution in [0.5, 0.6) is 0 Å². The molecule has 144 valence electrons. The Morgan fingerprint density at radius 1 is 1.07 bits per heavy atom. The molecule has 0 bridgehead atoms. The van der Waals surface area contributed by atoms with Gasteiger partial charge in [0.1, 0.15) is 0 Å². The number of primary sulfonamides is 1. The lowest BCUT2D eigenvalue weighted by Crippen LogP contribution is -2.28. The first kappa shape index (κ1) is 21.1. The lowest BCUT2D eigenvalue weighted by molar-refractivity contribution is -0.116. The maximum atomic E-state index is 12.3. The van der Waals surface area contributed by atoms with Crippen LogP contribution in [0.2, 0.25) is 0 Å². The average Bonchev–Trinajstić information content (AvgIpc) is 2.57. The molecule has 2 amide bonds. The van der Waals surface area contributed by atoms with Crippen molar-refractivity contribution >= 4 is 43.5 Å². The highest BCUT2D eigenvalue weighted by atomic mass is 79.9. The summed E-state index contributed by atoms with van der Waals surface area (Å²) in [6.07, 6.45) is 0.0750. The van der Waals surface area contributed by atoms with E-state index in [1.54, 1.807) is 13.0 Å². The molecule has 4 N–H and O–H groups in total. The van der Waals surface area contributed by atoms with Gasteiger partial charge in [0.25, 0.3) is 5.91 Å². The van der Waals surface area contributed by atoms with Crippen LogP contribution in [-0.4, -0.2) is 26.8 Å². The molecular weight excluding hydrogens is 434 g/mol. The number of rotatable bonds is 6. The van der Waals surface area contributed by atoms with Crippen molar-refractivity contribution in [1.29, 1.82) is 0 Å². The maximum Gasteiger partial charge on any atom is 0.251 e. The van der Waals surface area contributed by atoms with Crippen LogP contribution >= 0.6 is 15.9 Å². The standard InChI is InChI=1S/C18H20BrN3O4S/c1-11-4-6-14(27(20,25)26)10-15(11)18(24)21-8-7-17(23)22-16-9-13(19)5-3-12(16)2/h3-6,9-10H,7-8H2,1-2H3,(H,21,24)(H,22,23)(H2,20,25,26). The quantitative estimate of drug-likeness (QED) is 0.622. The second-order valence-electron chi connectivity index (χ2n) is 6.04. The highest BCUT2D eigenvalue weighted by molar-refractivity contribution is 9.10. The molecule has 27 heavy (non-hydrogen) atoms. The van der Waals surface area contributed by atoms with Gasteiger partial charge in [0.2, 0.25) is 15.9 Å². The summed E-state index contributed by atoms with van der Waals surface area (Å²) in [4.78, 5) is 24.2. The van der Waals surface area contributed by atoms with Crippen LogP contribution in [0, 0.1) is 13.8 Å². The van der Waals surface area contributed by atoms with Crippen molar-refractivity contribution in [3.63, 3.8) is 0 Å². The molecule has 0 aliphatic rings. The van der Waals surface area contributed by atoms with Gasteiger partial charge in [-0.05, 0) is 49.2 Å². The van der Waals surface area contributed by atoms with E-state index in [1.165, 1.54) is 18.2 Å². The topological polar surface area (TPSA) is 118 Å². The van der Waals surface area contributed by atoms with Crippen molar-refractivity contribution in [2.24, 2.45) is 5.14 Å². The molecule has 0 aliphatic heterocycles. The van der Waals surface area contributed by atoms with E-state index in [4.69, 9.17) is 5.14 Å². The third-order valence-electron chi connectivity index (χ3n) is 3.89. The summed E-state index contributed by atoms with van der Waals surface area (Å²) in [5, 5.41) is 10.5. The summed E-state index contributed by atoms with van der Waals surface area (Å²) >= 11 is 3.35. The lowest BCUT2D eigenvalue weighted by atomic mass is 10.1. The van der Waals surface area contributed by atoms with Gasteiger partial charge in [-0.2, -0.15) is 0 Å². The second kappa shape index (κ2) is 8.64. The minimum Gasteiger partial charge on any atom is -0.352 e. The van der Waals surface area contributed by atoms with E-state index in [-0.39, 0.29) is 29.3 Å². The molecule has 0 atom stereocenters. The summed E-state index contributed by atoms with van der Waals surface area (Å²) in [5.41, 5.74) is 2.42. The molecule has 0 radical (unpaired) electrons. The zero-order valence-corrected chi connectivity index (χ0v) is 17.3. The van der Waals surface area contributed by atoms with E-state index < -0.39 is 15.9 Å². The van der Waals surface area contributed by atoms with Crippen LogP contribution in [0.4, 0.5) is 5.69 Å². The fourth-order valence-corrected chi connectivity index (χ4v) is 3.25. The predicted molar refractivity (Wildman–Crippen MR) is 107 cm³/mol. The number of sulfonamides is 1. The van der Waals surface area contributed by atoms with Crippen molar-refractivity contribution in [3.8, 4) is 0 Å². The first-order chi connectivity index (χ1) is 12.6. The molecule has 0 aromatic heterocycles. The van der Waals surface area contributed by atoms with Gasteiger partial charge < -0.3 is 10.6 Å². The summed E-state index contributed by atoms with van der Waals surface area (Å²) in [6, 6.07) is 9.64. The minimum atomic E-state index is -3.90. The predicted octanol–water partition coefficient (Wildman–Crippen LogP) is 2.47. The average molecular weight is 454 g/mol. The fraction of sp³-hybridized carbons (Fsp3) is 0.222. The molecule has 0 aliphatic carbocycles. The normalized spacial score (nSPS) is 11.1. The zero-order chi connectivity index (χ0) is 20.2. The zero-order valence-electron chi connectivity index (χ0n) is 14.9. The van der Waals surface area contributed by atoms with Crippen molar-refractivity contribution in [3.05, 3.63) is 57.6 Å². The number of carbonyl (C=O) groups is 2. The molecule has 2 aromatic rings. The Morgan fingerprint density at radius 2 is 1.74 bits per heavy atom. The van der Waals surface area contributed by atoms with Gasteiger partial charge in [-0.25, -0.2) is 13.6 Å². The van der Waals surface area contributed by atoms with E-state index >= 15 is 0 Å². The minimum absolute atomic E-state index is 0.0750. The number of hydrogen-bond acceptors (Lipinski definition) is 4. The highest BCUT2D eigenvalue weighted by Gasteiger charge is 2.15. The van der Waals surface area contributed by atoms with Crippen LogP contribution in [0.3, 0.4) is 0 Å². The molecule has 0 spiro atoms. The summed E-state index contributed by atoms with van der Waals surface area (Å²) in [7, 11) is -3.90. The molecule has 2 rings (SSSR count). The third-order valence-corrected chi connectivity index (χ3v) is 5.30. The van der Waals surface area contributed by atoms with Crippen molar-refractivity contribution < 1.29 is 18.0 Å². The van der Waals surface area contributed by atoms with Gasteiger partial charge in [0.15, 0.2) is 0 Å². The molecular formula is C18H20BrN3O4S. The Hall–Kier alpha value is -2.23. The molecule has 9 heteroatoms. The van der Waals surface area contributed by atoms with Gasteiger partial charge in [-0.3, -0.25) is 9.59 Å². The fourth-order valence-electron chi connectivity index (χ4n) is 2.35. The number of halogens is 1. The van der Waals surface area contributed by atoms with E-state index in [0.29, 0.717) is 11.3 Å². The van der Waals surface area contributed by atoms with E-state index in [2.05, 4.69) is 26.6 Å². The summed E-state index contributed by atoms with van der Waals surface area (Å²) in [6.45, 7) is 3.67. The van der Waals surface area contributed by atoms with Gasteiger partial charge in [0, 0.05) is 28.7 Å². The van der Waals surface area contributed by atoms with Gasteiger partial charge in [0.05, 0.1) is 4.90 Å². The number of anilines is 1. The summed E-state index contributed by atoms with van der Waals surface area (Å²) in [5.74, 6) is -0.712. The van der Waals surface area contributed by atoms with Crippen LogP contribution < -0.4 is 15.8 Å². The van der Waals surface area contributed by atoms with Crippen molar-refractivity contribution in [1.82, 2.24) is 5.32 Å². The van der Waals surface area contributed by atoms with Crippen LogP contribution in [0.25, 0.3) is 0 Å². The molecule has 7 nitrogen and oxygen atoms in total. The molecule has 0 saturated carbocycles. The Labute approximate surface area is 166 Å². The van der Waals surface area contributed by atoms with Crippen molar-refractivity contribution in [2.45, 2.75) is 25.2 Å². The molecule has 0 unspecified atom stereocenters. The number of hydrogen-bond donors (Lipinski definition) is 3. The maximum absolute atomic E-state index is 12.3. The number of carbonyl (C=O) groups excluding carboxylic acids is 2. The van der Waals surface area contributed by atoms with Crippen LogP contribution in [0.15, 0.2) is 45.8 Å². The molecule has 0 heterocycles. The SMILES string of the molecule is Cc1ccc(Br)cc1NC(=O)CCNC(=O)c1cc(S(N)(=O)=O)ccc1C. The largest absolute Gasteiger partial charge is 0.352 e. The summed E-state index contributed by atoms with van der Waals surface area (Å²) < 4.78 is 23.7. The Balaban J connectivity index is 1.96. The number of amides is 2. The molecule has 2 aromatic carbocycles. The lowest BCUT2D eigenvalue weighted by Gasteiger charge is -2.11. The number of aryl methyl sites for hydroxylation is 2. The highest BCUT2D eigenvalue weighted by Crippen LogP contribution is 2.20. The third kappa shape index (κ3) is 5.88. The van der Waals surface area contributed by atoms with Crippen molar-refractivity contribution in [2.75, 3.05) is 11.9 Å². The van der Waals surface area contributed by atoms with Crippen LogP contribution in [0.1, 0.15) is 27.9 Å². The van der Waals surface area contributed by atoms with Gasteiger partial charge in [-0.1, -0.05) is 28.1 Å². The van der Waals surface area contributed by atoms with E-state index in [0.717, 1.165) is 10.0 Å². The Morgan fingerprint density at radius 3 is 2.41 bits per heavy atom. The van der Waals surface area contributed by atoms with E-state index in [9.17, 15) is 18.0 Å². The van der Waals surface area contributed by atoms with Gasteiger partial charge >= 0.3 is 0 Å². The molecule has 0 fully saturated rings. The Kier molecular flexibility index (Phi) is 6.74. The van der Waals surface area contributed by atoms with Crippen LogP contribution in [-0.2, 0) is 14.8 Å². The second-order valence-corrected chi connectivity index (χ2v) is 8.51. The first-order valence-electron chi connectivity index (χ1n) is 8.05.